The van der Waals surface area contributed by atoms with E-state index in [0.717, 1.165) is 44.1 Å². The number of benzene rings is 3. The second-order valence-corrected chi connectivity index (χ2v) is 6.81. The molecule has 5 aromatic rings. The molecule has 0 spiro atoms. The molecule has 0 N–H and O–H groups in total. The molecule has 2 nitrogen and oxygen atoms in total. The molecule has 2 heteroatoms. The normalized spacial score (nSPS) is 10.1. The van der Waals surface area contributed by atoms with Crippen molar-refractivity contribution in [3.63, 3.8) is 0 Å². The highest BCUT2D eigenvalue weighted by Gasteiger charge is 2.08. The molecule has 0 saturated heterocycles. The van der Waals surface area contributed by atoms with Crippen molar-refractivity contribution in [1.82, 2.24) is 9.97 Å². The van der Waals surface area contributed by atoms with E-state index in [1.54, 1.807) is 12.4 Å². The van der Waals surface area contributed by atoms with E-state index in [4.69, 9.17) is 0 Å². The Bertz CT molecular complexity index is 1360. The Morgan fingerprint density at radius 3 is 1.30 bits per heavy atom. The number of fused-ring (bicyclic) bond motifs is 3. The van der Waals surface area contributed by atoms with Crippen molar-refractivity contribution in [2.45, 2.75) is 0 Å². The van der Waals surface area contributed by atoms with Gasteiger partial charge in [-0.05, 0) is 36.4 Å². The zero-order valence-electron chi connectivity index (χ0n) is 16.1. The summed E-state index contributed by atoms with van der Waals surface area (Å²) >= 11 is 0. The molecule has 0 aliphatic rings. The third kappa shape index (κ3) is 3.51. The fourth-order valence-electron chi connectivity index (χ4n) is 3.37. The van der Waals surface area contributed by atoms with E-state index in [2.05, 4.69) is 45.8 Å². The van der Waals surface area contributed by atoms with Gasteiger partial charge < -0.3 is 0 Å². The van der Waals surface area contributed by atoms with Crippen LogP contribution in [0.2, 0.25) is 0 Å². The molecule has 5 rings (SSSR count). The van der Waals surface area contributed by atoms with Crippen molar-refractivity contribution < 1.29 is 0 Å². The Morgan fingerprint density at radius 2 is 0.867 bits per heavy atom. The highest BCUT2D eigenvalue weighted by molar-refractivity contribution is 6.06. The summed E-state index contributed by atoms with van der Waals surface area (Å²) in [5, 5.41) is 1.99. The number of rotatable bonds is 0. The van der Waals surface area contributed by atoms with Crippen LogP contribution in [0.3, 0.4) is 0 Å². The summed E-state index contributed by atoms with van der Waals surface area (Å²) in [5.74, 6) is 13.0. The fraction of sp³-hybridized carbons (Fsp3) is 0. The predicted octanol–water partition coefficient (Wildman–Crippen LogP) is 5.58. The summed E-state index contributed by atoms with van der Waals surface area (Å²) in [4.78, 5) is 9.21. The molecule has 3 aromatic carbocycles. The molecule has 0 atom stereocenters. The molecular formula is C28H16N2. The van der Waals surface area contributed by atoms with Gasteiger partial charge in [0.15, 0.2) is 0 Å². The van der Waals surface area contributed by atoms with Crippen LogP contribution in [-0.4, -0.2) is 9.97 Å². The number of hydrogen-bond acceptors (Lipinski definition) is 2. The van der Waals surface area contributed by atoms with Crippen molar-refractivity contribution >= 4 is 21.8 Å². The number of hydrogen-bond donors (Lipinski definition) is 0. The lowest BCUT2D eigenvalue weighted by atomic mass is 10.0. The average Bonchev–Trinajstić information content (AvgIpc) is 2.82. The lowest BCUT2D eigenvalue weighted by molar-refractivity contribution is 1.36. The molecule has 0 unspecified atom stereocenters. The fourth-order valence-corrected chi connectivity index (χ4v) is 3.37. The Balaban J connectivity index is 1.63. The van der Waals surface area contributed by atoms with Crippen LogP contribution >= 0.6 is 0 Å². The molecule has 0 aliphatic carbocycles. The maximum absolute atomic E-state index is 4.61. The number of aromatic nitrogens is 2. The second kappa shape index (κ2) is 7.92. The first-order valence-electron chi connectivity index (χ1n) is 9.69. The van der Waals surface area contributed by atoms with Crippen molar-refractivity contribution in [3.8, 4) is 23.7 Å². The molecule has 30 heavy (non-hydrogen) atoms. The monoisotopic (exact) mass is 380 g/mol. The molecule has 0 fully saturated rings. The van der Waals surface area contributed by atoms with E-state index in [9.17, 15) is 0 Å². The Hall–Kier alpha value is -4.40. The van der Waals surface area contributed by atoms with Gasteiger partial charge in [-0.1, -0.05) is 72.2 Å². The van der Waals surface area contributed by atoms with Crippen LogP contribution in [-0.2, 0) is 0 Å². The zero-order valence-corrected chi connectivity index (χ0v) is 16.1. The summed E-state index contributed by atoms with van der Waals surface area (Å²) in [7, 11) is 0. The van der Waals surface area contributed by atoms with E-state index in [1.165, 1.54) is 0 Å². The molecule has 0 radical (unpaired) electrons. The lowest BCUT2D eigenvalue weighted by Gasteiger charge is -2.05. The SMILES string of the molecule is C(#Cc1ccnc2c1ccc1c(C#Cc3ccccc3)ccnc12)c1ccccc1. The highest BCUT2D eigenvalue weighted by Crippen LogP contribution is 2.26. The van der Waals surface area contributed by atoms with Crippen molar-refractivity contribution in [2.24, 2.45) is 0 Å². The van der Waals surface area contributed by atoms with Gasteiger partial charge in [-0.3, -0.25) is 9.97 Å². The minimum Gasteiger partial charge on any atom is -0.254 e. The van der Waals surface area contributed by atoms with E-state index in [0.29, 0.717) is 0 Å². The summed E-state index contributed by atoms with van der Waals surface area (Å²) in [5.41, 5.74) is 5.53. The van der Waals surface area contributed by atoms with Gasteiger partial charge >= 0.3 is 0 Å². The van der Waals surface area contributed by atoms with Gasteiger partial charge in [-0.2, -0.15) is 0 Å². The van der Waals surface area contributed by atoms with Crippen molar-refractivity contribution in [1.29, 1.82) is 0 Å². The lowest BCUT2D eigenvalue weighted by Crippen LogP contribution is -1.90. The third-order valence-electron chi connectivity index (χ3n) is 4.85. The average molecular weight is 380 g/mol. The quantitative estimate of drug-likeness (QED) is 0.259. The minimum absolute atomic E-state index is 0.843. The van der Waals surface area contributed by atoms with Gasteiger partial charge in [0.2, 0.25) is 0 Å². The Kier molecular flexibility index (Phi) is 4.67. The topological polar surface area (TPSA) is 25.8 Å². The van der Waals surface area contributed by atoms with Crippen molar-refractivity contribution in [3.05, 3.63) is 120 Å². The minimum atomic E-state index is 0.843. The van der Waals surface area contributed by atoms with E-state index < -0.39 is 0 Å². The van der Waals surface area contributed by atoms with Gasteiger partial charge in [0, 0.05) is 45.4 Å². The van der Waals surface area contributed by atoms with E-state index in [1.807, 2.05) is 72.8 Å². The van der Waals surface area contributed by atoms with Crippen LogP contribution in [0.25, 0.3) is 21.8 Å². The van der Waals surface area contributed by atoms with E-state index in [-0.39, 0.29) is 0 Å². The summed E-state index contributed by atoms with van der Waals surface area (Å²) < 4.78 is 0. The molecule has 138 valence electrons. The predicted molar refractivity (Wildman–Crippen MR) is 122 cm³/mol. The molecule has 0 amide bonds. The molecule has 2 heterocycles. The van der Waals surface area contributed by atoms with E-state index >= 15 is 0 Å². The van der Waals surface area contributed by atoms with Gasteiger partial charge in [0.1, 0.15) is 0 Å². The van der Waals surface area contributed by atoms with Gasteiger partial charge in [-0.25, -0.2) is 0 Å². The summed E-state index contributed by atoms with van der Waals surface area (Å²) in [6.07, 6.45) is 3.58. The van der Waals surface area contributed by atoms with Gasteiger partial charge in [0.05, 0.1) is 11.0 Å². The zero-order chi connectivity index (χ0) is 20.2. The number of nitrogens with zero attached hydrogens (tertiary/aromatic N) is 2. The first-order chi connectivity index (χ1) is 14.9. The van der Waals surface area contributed by atoms with Crippen molar-refractivity contribution in [2.75, 3.05) is 0 Å². The Labute approximate surface area is 175 Å². The molecular weight excluding hydrogens is 364 g/mol. The summed E-state index contributed by atoms with van der Waals surface area (Å²) in [6, 6.07) is 28.0. The first-order valence-corrected chi connectivity index (χ1v) is 9.69. The van der Waals surface area contributed by atoms with Crippen LogP contribution in [0.15, 0.2) is 97.3 Å². The smallest absolute Gasteiger partial charge is 0.0977 e. The maximum Gasteiger partial charge on any atom is 0.0977 e. The maximum atomic E-state index is 4.61. The van der Waals surface area contributed by atoms with Crippen LogP contribution in [0.5, 0.6) is 0 Å². The summed E-state index contributed by atoms with van der Waals surface area (Å²) in [6.45, 7) is 0. The first kappa shape index (κ1) is 17.7. The largest absolute Gasteiger partial charge is 0.254 e. The second-order valence-electron chi connectivity index (χ2n) is 6.81. The highest BCUT2D eigenvalue weighted by atomic mass is 14.7. The molecule has 0 aliphatic heterocycles. The molecule has 0 bridgehead atoms. The number of pyridine rings is 2. The Morgan fingerprint density at radius 1 is 0.433 bits per heavy atom. The van der Waals surface area contributed by atoms with Gasteiger partial charge in [0.25, 0.3) is 0 Å². The van der Waals surface area contributed by atoms with Crippen LogP contribution < -0.4 is 0 Å². The molecule has 0 saturated carbocycles. The third-order valence-corrected chi connectivity index (χ3v) is 4.85. The standard InChI is InChI=1S/C28H16N2/c1-3-7-21(8-4-1)11-13-23-17-19-29-27-25(23)15-16-26-24(18-20-30-28(26)27)14-12-22-9-5-2-6-10-22/h1-10,15-20H. The van der Waals surface area contributed by atoms with Crippen LogP contribution in [0, 0.1) is 23.7 Å². The van der Waals surface area contributed by atoms with Crippen LogP contribution in [0.1, 0.15) is 22.3 Å². The molecule has 2 aromatic heterocycles. The van der Waals surface area contributed by atoms with Crippen LogP contribution in [0.4, 0.5) is 0 Å². The van der Waals surface area contributed by atoms with Gasteiger partial charge in [-0.15, -0.1) is 0 Å².